The Morgan fingerprint density at radius 3 is 2.48 bits per heavy atom. The molecule has 1 fully saturated rings. The number of hydrogen-bond acceptors (Lipinski definition) is 6. The molecule has 1 N–H and O–H groups in total. The molecule has 2 rings (SSSR count). The van der Waals surface area contributed by atoms with Crippen molar-refractivity contribution in [1.29, 1.82) is 0 Å². The zero-order valence-corrected chi connectivity index (χ0v) is 22.7. The van der Waals surface area contributed by atoms with E-state index >= 15 is 0 Å². The molecule has 0 aliphatic carbocycles. The molecule has 1 aromatic heterocycles. The van der Waals surface area contributed by atoms with Gasteiger partial charge in [0.05, 0.1) is 6.54 Å². The predicted octanol–water partition coefficient (Wildman–Crippen LogP) is 6.37. The molecule has 0 radical (unpaired) electrons. The second-order valence-electron chi connectivity index (χ2n) is 9.15. The highest BCUT2D eigenvalue weighted by Gasteiger charge is 2.55. The molecule has 1 aliphatic heterocycles. The fourth-order valence-electron chi connectivity index (χ4n) is 4.07. The molecule has 1 aromatic rings. The van der Waals surface area contributed by atoms with Crippen molar-refractivity contribution in [3.63, 3.8) is 0 Å². The van der Waals surface area contributed by atoms with Gasteiger partial charge in [0.25, 0.3) is 0 Å². The minimum atomic E-state index is -0.299. The number of aryl methyl sites for hydroxylation is 1. The number of aromatic nitrogens is 2. The number of hydroxylamine groups is 2. The smallest absolute Gasteiger partial charge is 0.339 e. The molecule has 7 nitrogen and oxygen atoms in total. The number of nitrogens with zero attached hydrogens (tertiary/aromatic N) is 4. The van der Waals surface area contributed by atoms with Crippen LogP contribution in [0.2, 0.25) is 0 Å². The lowest BCUT2D eigenvalue weighted by Crippen LogP contribution is -2.55. The molecule has 1 aliphatic rings. The van der Waals surface area contributed by atoms with Gasteiger partial charge in [-0.1, -0.05) is 77.2 Å². The molecule has 188 valence electrons. The Bertz CT molecular complexity index is 729. The Hall–Kier alpha value is -1.32. The number of quaternary nitrogens is 1. The van der Waals surface area contributed by atoms with Gasteiger partial charge in [-0.05, 0) is 49.7 Å². The minimum absolute atomic E-state index is 0.0782. The topological polar surface area (TPSA) is 67.4 Å². The van der Waals surface area contributed by atoms with Crippen molar-refractivity contribution < 1.29 is 9.63 Å². The molecule has 9 heteroatoms. The molecular weight excluding hydrogens is 454 g/mol. The van der Waals surface area contributed by atoms with Crippen molar-refractivity contribution in [2.24, 2.45) is 0 Å². The first-order chi connectivity index (χ1) is 16.0. The molecule has 0 aromatic carbocycles. The third-order valence-electron chi connectivity index (χ3n) is 6.15. The largest absolute Gasteiger partial charge is 0.468 e. The van der Waals surface area contributed by atoms with Crippen LogP contribution in [0.4, 0.5) is 9.93 Å². The lowest BCUT2D eigenvalue weighted by atomic mass is 10.1. The van der Waals surface area contributed by atoms with Gasteiger partial charge in [-0.25, -0.2) is 4.79 Å². The van der Waals surface area contributed by atoms with Crippen molar-refractivity contribution in [1.82, 2.24) is 25.1 Å². The van der Waals surface area contributed by atoms with Gasteiger partial charge in [0.15, 0.2) is 6.54 Å². The van der Waals surface area contributed by atoms with E-state index in [0.29, 0.717) is 18.2 Å². The average Bonchev–Trinajstić information content (AvgIpc) is 3.39. The molecule has 1 saturated heterocycles. The monoisotopic (exact) mass is 498 g/mol. The van der Waals surface area contributed by atoms with Gasteiger partial charge in [-0.2, -0.15) is 0 Å². The number of amides is 2. The molecule has 2 unspecified atom stereocenters. The first kappa shape index (κ1) is 27.9. The number of rotatable bonds is 16. The Morgan fingerprint density at radius 2 is 1.79 bits per heavy atom. The molecule has 33 heavy (non-hydrogen) atoms. The first-order valence-electron chi connectivity index (χ1n) is 13.0. The van der Waals surface area contributed by atoms with E-state index in [1.165, 1.54) is 43.4 Å². The maximum atomic E-state index is 13.6. The highest BCUT2D eigenvalue weighted by molar-refractivity contribution is 7.80. The van der Waals surface area contributed by atoms with Crippen LogP contribution in [-0.4, -0.2) is 52.0 Å². The van der Waals surface area contributed by atoms with E-state index < -0.39 is 0 Å². The zero-order valence-electron chi connectivity index (χ0n) is 21.1. The van der Waals surface area contributed by atoms with Crippen LogP contribution in [0.5, 0.6) is 0 Å². The summed E-state index contributed by atoms with van der Waals surface area (Å²) in [7, 11) is 0. The summed E-state index contributed by atoms with van der Waals surface area (Å²) in [6.07, 6.45) is 13.4. The van der Waals surface area contributed by atoms with Gasteiger partial charge in [-0.15, -0.1) is 5.10 Å². The van der Waals surface area contributed by atoms with Gasteiger partial charge in [0, 0.05) is 23.7 Å². The fraction of sp³-hybridized carbons (Fsp3) is 0.833. The molecular formula is C24H44N5O2S2+. The zero-order chi connectivity index (χ0) is 24.1. The molecule has 0 bridgehead atoms. The van der Waals surface area contributed by atoms with Crippen LogP contribution in [0.25, 0.3) is 0 Å². The van der Waals surface area contributed by atoms with E-state index in [-0.39, 0.29) is 21.9 Å². The van der Waals surface area contributed by atoms with Crippen LogP contribution in [-0.2, 0) is 11.3 Å². The van der Waals surface area contributed by atoms with Crippen LogP contribution in [0.1, 0.15) is 103 Å². The third-order valence-corrected chi connectivity index (χ3v) is 7.42. The lowest BCUT2D eigenvalue weighted by molar-refractivity contribution is -0.00551. The summed E-state index contributed by atoms with van der Waals surface area (Å²) in [5, 5.41) is 13.9. The predicted molar refractivity (Wildman–Crippen MR) is 141 cm³/mol. The minimum Gasteiger partial charge on any atom is -0.339 e. The standard InChI is InChI=1S/C24H43N5O2S2/c1-5-8-11-13-16-21-26-27-22(33-21)29(31-23(32)25-20(4)15-10-7-3)19-18-28(24(29)30)17-14-12-9-6-2/h20H,5-19H2,1-4H3/p+1. The van der Waals surface area contributed by atoms with E-state index in [1.54, 1.807) is 0 Å². The number of thiocarbonyl (C=S) groups is 1. The summed E-state index contributed by atoms with van der Waals surface area (Å²) in [6.45, 7) is 10.6. The van der Waals surface area contributed by atoms with E-state index in [0.717, 1.165) is 56.5 Å². The summed E-state index contributed by atoms with van der Waals surface area (Å²) in [4.78, 5) is 21.8. The third kappa shape index (κ3) is 8.44. The summed E-state index contributed by atoms with van der Waals surface area (Å²) < 4.78 is -0.299. The van der Waals surface area contributed by atoms with Crippen LogP contribution in [0.3, 0.4) is 0 Å². The number of hydrogen-bond donors (Lipinski definition) is 1. The van der Waals surface area contributed by atoms with Crippen LogP contribution >= 0.6 is 23.6 Å². The van der Waals surface area contributed by atoms with E-state index in [9.17, 15) is 4.79 Å². The van der Waals surface area contributed by atoms with Gasteiger partial charge in [0.2, 0.25) is 0 Å². The molecule has 2 atom stereocenters. The summed E-state index contributed by atoms with van der Waals surface area (Å²) in [6, 6.07) is 0.120. The average molecular weight is 499 g/mol. The summed E-state index contributed by atoms with van der Waals surface area (Å²) in [5.41, 5.74) is 0. The highest BCUT2D eigenvalue weighted by atomic mass is 32.1. The van der Waals surface area contributed by atoms with Crippen molar-refractivity contribution in [3.8, 4) is 0 Å². The molecule has 0 saturated carbocycles. The number of carbonyl (C=O) groups is 1. The number of unbranched alkanes of at least 4 members (excludes halogenated alkanes) is 7. The van der Waals surface area contributed by atoms with Crippen molar-refractivity contribution >= 4 is 39.9 Å². The van der Waals surface area contributed by atoms with Crippen LogP contribution in [0, 0.1) is 0 Å². The van der Waals surface area contributed by atoms with Gasteiger partial charge in [0.1, 0.15) is 5.01 Å². The van der Waals surface area contributed by atoms with Crippen LogP contribution in [0.15, 0.2) is 0 Å². The maximum absolute atomic E-state index is 13.6. The van der Waals surface area contributed by atoms with E-state index in [1.807, 2.05) is 4.90 Å². The quantitative estimate of drug-likeness (QED) is 0.162. The Labute approximate surface area is 209 Å². The molecule has 2 amide bonds. The summed E-state index contributed by atoms with van der Waals surface area (Å²) >= 11 is 7.03. The Morgan fingerprint density at radius 1 is 1.09 bits per heavy atom. The molecule has 2 heterocycles. The number of nitrogens with one attached hydrogen (secondary N) is 1. The SMILES string of the molecule is CCCCCCc1nnc([N+]2(OC(=S)NC(C)CCCC)CCN(CCCCCC)C2=O)s1. The van der Waals surface area contributed by atoms with Crippen LogP contribution < -0.4 is 9.96 Å². The second-order valence-corrected chi connectivity index (χ2v) is 10.6. The van der Waals surface area contributed by atoms with Crippen molar-refractivity contribution in [2.45, 2.75) is 111 Å². The van der Waals surface area contributed by atoms with Crippen molar-refractivity contribution in [2.75, 3.05) is 19.6 Å². The highest BCUT2D eigenvalue weighted by Crippen LogP contribution is 2.34. The molecule has 0 spiro atoms. The first-order valence-corrected chi connectivity index (χ1v) is 14.2. The fourth-order valence-corrected chi connectivity index (χ4v) is 5.37. The van der Waals surface area contributed by atoms with E-state index in [4.69, 9.17) is 17.1 Å². The maximum Gasteiger partial charge on any atom is 0.468 e. The normalized spacial score (nSPS) is 19.2. The van der Waals surface area contributed by atoms with Gasteiger partial charge < -0.3 is 5.32 Å². The van der Waals surface area contributed by atoms with Gasteiger partial charge in [-0.3, -0.25) is 9.74 Å². The number of carbonyl (C=O) groups excluding carboxylic acids is 1. The number of urea groups is 1. The van der Waals surface area contributed by atoms with Gasteiger partial charge >= 0.3 is 16.3 Å². The van der Waals surface area contributed by atoms with E-state index in [2.05, 4.69) is 43.2 Å². The second kappa shape index (κ2) is 14.8. The Balaban J connectivity index is 2.12. The lowest BCUT2D eigenvalue weighted by Gasteiger charge is -2.26. The van der Waals surface area contributed by atoms with Crippen molar-refractivity contribution in [3.05, 3.63) is 5.01 Å². The summed E-state index contributed by atoms with van der Waals surface area (Å²) in [5.74, 6) is 0. The Kier molecular flexibility index (Phi) is 12.6.